The molecule has 0 aliphatic carbocycles. The molecule has 0 bridgehead atoms. The maximum atomic E-state index is 6.18. The number of benzene rings is 2. The molecule has 2 aromatic carbocycles. The van der Waals surface area contributed by atoms with Crippen molar-refractivity contribution >= 4 is 11.6 Å². The van der Waals surface area contributed by atoms with Crippen LogP contribution < -0.4 is 5.32 Å². The van der Waals surface area contributed by atoms with Gasteiger partial charge in [0.25, 0.3) is 0 Å². The lowest BCUT2D eigenvalue weighted by atomic mass is 9.88. The van der Waals surface area contributed by atoms with Crippen LogP contribution in [0.4, 0.5) is 0 Å². The Bertz CT molecular complexity index is 616. The third-order valence-corrected chi connectivity index (χ3v) is 4.38. The second-order valence-corrected chi connectivity index (χ2v) is 6.35. The summed E-state index contributed by atoms with van der Waals surface area (Å²) in [5, 5.41) is 4.46. The van der Waals surface area contributed by atoms with Gasteiger partial charge in [0.1, 0.15) is 0 Å². The predicted octanol–water partition coefficient (Wildman–Crippen LogP) is 4.30. The van der Waals surface area contributed by atoms with E-state index in [0.717, 1.165) is 10.6 Å². The Balaban J connectivity index is 1.81. The molecule has 0 radical (unpaired) electrons. The Kier molecular flexibility index (Phi) is 4.03. The third kappa shape index (κ3) is 2.98. The summed E-state index contributed by atoms with van der Waals surface area (Å²) < 4.78 is 6.18. The van der Waals surface area contributed by atoms with Crippen molar-refractivity contribution in [2.24, 2.45) is 0 Å². The third-order valence-electron chi connectivity index (χ3n) is 4.14. The summed E-state index contributed by atoms with van der Waals surface area (Å²) in [6, 6.07) is 18.6. The van der Waals surface area contributed by atoms with Crippen LogP contribution in [-0.4, -0.2) is 12.6 Å². The molecule has 0 aromatic heterocycles. The van der Waals surface area contributed by atoms with E-state index in [4.69, 9.17) is 16.3 Å². The SMILES string of the molecule is CC1NC(C)(c2ccccc2)COC1c1cccc(Cl)c1. The number of halogens is 1. The van der Waals surface area contributed by atoms with Crippen molar-refractivity contribution in [2.75, 3.05) is 6.61 Å². The number of morpholine rings is 1. The summed E-state index contributed by atoms with van der Waals surface area (Å²) in [5.41, 5.74) is 2.22. The molecule has 3 atom stereocenters. The van der Waals surface area contributed by atoms with Gasteiger partial charge in [0.2, 0.25) is 0 Å². The second kappa shape index (κ2) is 5.80. The van der Waals surface area contributed by atoms with Crippen LogP contribution in [0.15, 0.2) is 54.6 Å². The van der Waals surface area contributed by atoms with E-state index in [9.17, 15) is 0 Å². The number of hydrogen-bond acceptors (Lipinski definition) is 2. The van der Waals surface area contributed by atoms with E-state index < -0.39 is 0 Å². The van der Waals surface area contributed by atoms with E-state index in [1.165, 1.54) is 5.56 Å². The average molecular weight is 302 g/mol. The summed E-state index contributed by atoms with van der Waals surface area (Å²) in [6.45, 7) is 4.98. The van der Waals surface area contributed by atoms with Crippen molar-refractivity contribution in [3.63, 3.8) is 0 Å². The maximum Gasteiger partial charge on any atom is 0.0976 e. The van der Waals surface area contributed by atoms with E-state index in [2.05, 4.69) is 49.5 Å². The van der Waals surface area contributed by atoms with Crippen molar-refractivity contribution < 1.29 is 4.74 Å². The fourth-order valence-corrected chi connectivity index (χ4v) is 3.26. The number of rotatable bonds is 2. The molecule has 2 aromatic rings. The Morgan fingerprint density at radius 3 is 2.57 bits per heavy atom. The quantitative estimate of drug-likeness (QED) is 0.892. The predicted molar refractivity (Wildman–Crippen MR) is 86.5 cm³/mol. The summed E-state index contributed by atoms with van der Waals surface area (Å²) in [6.07, 6.45) is 0.0282. The van der Waals surface area contributed by atoms with Gasteiger partial charge >= 0.3 is 0 Å². The highest BCUT2D eigenvalue weighted by Gasteiger charge is 2.37. The van der Waals surface area contributed by atoms with Crippen LogP contribution in [0.1, 0.15) is 31.1 Å². The molecule has 1 saturated heterocycles. The minimum atomic E-state index is -0.157. The van der Waals surface area contributed by atoms with Gasteiger partial charge in [0, 0.05) is 11.1 Å². The Morgan fingerprint density at radius 2 is 1.90 bits per heavy atom. The largest absolute Gasteiger partial charge is 0.370 e. The van der Waals surface area contributed by atoms with Gasteiger partial charge in [-0.25, -0.2) is 0 Å². The van der Waals surface area contributed by atoms with E-state index in [1.807, 2.05) is 24.3 Å². The summed E-state index contributed by atoms with van der Waals surface area (Å²) in [4.78, 5) is 0. The van der Waals surface area contributed by atoms with E-state index in [1.54, 1.807) is 0 Å². The van der Waals surface area contributed by atoms with Crippen LogP contribution in [0.3, 0.4) is 0 Å². The van der Waals surface area contributed by atoms with Gasteiger partial charge in [-0.2, -0.15) is 0 Å². The molecule has 0 saturated carbocycles. The maximum absolute atomic E-state index is 6.18. The minimum absolute atomic E-state index is 0.0282. The zero-order chi connectivity index (χ0) is 14.9. The van der Waals surface area contributed by atoms with Crippen molar-refractivity contribution in [1.82, 2.24) is 5.32 Å². The molecule has 1 heterocycles. The fourth-order valence-electron chi connectivity index (χ4n) is 3.06. The molecule has 1 aliphatic rings. The molecule has 1 N–H and O–H groups in total. The van der Waals surface area contributed by atoms with Crippen molar-refractivity contribution in [2.45, 2.75) is 31.5 Å². The first kappa shape index (κ1) is 14.6. The van der Waals surface area contributed by atoms with Crippen LogP contribution in [0.25, 0.3) is 0 Å². The summed E-state index contributed by atoms with van der Waals surface area (Å²) in [7, 11) is 0. The van der Waals surface area contributed by atoms with Crippen molar-refractivity contribution in [3.05, 3.63) is 70.7 Å². The molecular formula is C18H20ClNO. The van der Waals surface area contributed by atoms with Gasteiger partial charge in [-0.05, 0) is 37.1 Å². The molecule has 3 unspecified atom stereocenters. The highest BCUT2D eigenvalue weighted by atomic mass is 35.5. The van der Waals surface area contributed by atoms with Gasteiger partial charge in [0.05, 0.1) is 18.2 Å². The van der Waals surface area contributed by atoms with Gasteiger partial charge in [-0.3, -0.25) is 0 Å². The standard InChI is InChI=1S/C18H20ClNO/c1-13-17(14-7-6-10-16(19)11-14)21-12-18(2,20-13)15-8-4-3-5-9-15/h3-11,13,17,20H,12H2,1-2H3. The van der Waals surface area contributed by atoms with Crippen LogP contribution >= 0.6 is 11.6 Å². The van der Waals surface area contributed by atoms with Crippen molar-refractivity contribution in [1.29, 1.82) is 0 Å². The van der Waals surface area contributed by atoms with Gasteiger partial charge in [-0.15, -0.1) is 0 Å². The van der Waals surface area contributed by atoms with Gasteiger partial charge < -0.3 is 10.1 Å². The zero-order valence-corrected chi connectivity index (χ0v) is 13.1. The lowest BCUT2D eigenvalue weighted by Gasteiger charge is -2.43. The topological polar surface area (TPSA) is 21.3 Å². The molecule has 110 valence electrons. The van der Waals surface area contributed by atoms with E-state index in [0.29, 0.717) is 6.61 Å². The lowest BCUT2D eigenvalue weighted by Crippen LogP contribution is -2.55. The first-order chi connectivity index (χ1) is 10.1. The molecular weight excluding hydrogens is 282 g/mol. The smallest absolute Gasteiger partial charge is 0.0976 e. The number of ether oxygens (including phenoxy) is 1. The number of nitrogens with one attached hydrogen (secondary N) is 1. The Hall–Kier alpha value is -1.35. The Labute approximate surface area is 131 Å². The molecule has 0 amide bonds. The van der Waals surface area contributed by atoms with Crippen LogP contribution in [0.5, 0.6) is 0 Å². The molecule has 2 nitrogen and oxygen atoms in total. The van der Waals surface area contributed by atoms with E-state index >= 15 is 0 Å². The minimum Gasteiger partial charge on any atom is -0.370 e. The first-order valence-corrected chi connectivity index (χ1v) is 7.66. The zero-order valence-electron chi connectivity index (χ0n) is 12.3. The molecule has 21 heavy (non-hydrogen) atoms. The van der Waals surface area contributed by atoms with Gasteiger partial charge in [0.15, 0.2) is 0 Å². The van der Waals surface area contributed by atoms with Gasteiger partial charge in [-0.1, -0.05) is 54.1 Å². The van der Waals surface area contributed by atoms with Crippen LogP contribution in [-0.2, 0) is 10.3 Å². The normalized spacial score (nSPS) is 29.3. The van der Waals surface area contributed by atoms with Crippen LogP contribution in [0, 0.1) is 0 Å². The summed E-state index contributed by atoms with van der Waals surface area (Å²) >= 11 is 6.09. The monoisotopic (exact) mass is 301 g/mol. The average Bonchev–Trinajstić information content (AvgIpc) is 2.48. The highest BCUT2D eigenvalue weighted by Crippen LogP contribution is 2.34. The fraction of sp³-hybridized carbons (Fsp3) is 0.333. The number of hydrogen-bond donors (Lipinski definition) is 1. The molecule has 0 spiro atoms. The molecule has 1 aliphatic heterocycles. The molecule has 3 rings (SSSR count). The summed E-state index contributed by atoms with van der Waals surface area (Å²) in [5.74, 6) is 0. The second-order valence-electron chi connectivity index (χ2n) is 5.92. The highest BCUT2D eigenvalue weighted by molar-refractivity contribution is 6.30. The first-order valence-electron chi connectivity index (χ1n) is 7.29. The molecule has 3 heteroatoms. The Morgan fingerprint density at radius 1 is 1.14 bits per heavy atom. The van der Waals surface area contributed by atoms with Crippen LogP contribution in [0.2, 0.25) is 5.02 Å². The van der Waals surface area contributed by atoms with E-state index in [-0.39, 0.29) is 17.7 Å². The van der Waals surface area contributed by atoms with Crippen molar-refractivity contribution in [3.8, 4) is 0 Å². The lowest BCUT2D eigenvalue weighted by molar-refractivity contribution is -0.0573. The molecule has 1 fully saturated rings.